The van der Waals surface area contributed by atoms with Gasteiger partial charge >= 0.3 is 0 Å². The fourth-order valence-corrected chi connectivity index (χ4v) is 1.74. The Hall–Kier alpha value is -1.06. The first-order chi connectivity index (χ1) is 7.04. The number of anilines is 1. The minimum Gasteiger partial charge on any atom is -0.395 e. The van der Waals surface area contributed by atoms with Gasteiger partial charge in [0.25, 0.3) is 0 Å². The van der Waals surface area contributed by atoms with Gasteiger partial charge in [-0.3, -0.25) is 0 Å². The number of hydrogen-bond donors (Lipinski definition) is 2. The van der Waals surface area contributed by atoms with Crippen LogP contribution in [0.4, 0.5) is 5.69 Å². The second kappa shape index (κ2) is 5.14. The standard InChI is InChI=1S/C12H20N2O/c1-9-4-5-12(10(2)6-9)14(3)7-11(13)8-15/h4-6,11,15H,7-8,13H2,1-3H3. The van der Waals surface area contributed by atoms with E-state index in [4.69, 9.17) is 10.8 Å². The monoisotopic (exact) mass is 208 g/mol. The number of benzene rings is 1. The third-order valence-electron chi connectivity index (χ3n) is 2.51. The zero-order valence-electron chi connectivity index (χ0n) is 9.70. The lowest BCUT2D eigenvalue weighted by Gasteiger charge is -2.24. The normalized spacial score (nSPS) is 12.6. The Morgan fingerprint density at radius 1 is 1.40 bits per heavy atom. The van der Waals surface area contributed by atoms with Gasteiger partial charge in [0.2, 0.25) is 0 Å². The van der Waals surface area contributed by atoms with Crippen molar-refractivity contribution in [3.63, 3.8) is 0 Å². The molecular weight excluding hydrogens is 188 g/mol. The van der Waals surface area contributed by atoms with E-state index < -0.39 is 0 Å². The second-order valence-electron chi connectivity index (χ2n) is 4.11. The average molecular weight is 208 g/mol. The number of aryl methyl sites for hydroxylation is 2. The molecular formula is C12H20N2O. The molecule has 3 nitrogen and oxygen atoms in total. The van der Waals surface area contributed by atoms with E-state index in [1.807, 2.05) is 7.05 Å². The van der Waals surface area contributed by atoms with Crippen LogP contribution < -0.4 is 10.6 Å². The number of nitrogens with two attached hydrogens (primary N) is 1. The number of hydrogen-bond acceptors (Lipinski definition) is 3. The molecule has 1 aromatic rings. The van der Waals surface area contributed by atoms with Crippen molar-refractivity contribution >= 4 is 5.69 Å². The lowest BCUT2D eigenvalue weighted by molar-refractivity contribution is 0.267. The van der Waals surface area contributed by atoms with Crippen LogP contribution in [0, 0.1) is 13.8 Å². The maximum Gasteiger partial charge on any atom is 0.0599 e. The highest BCUT2D eigenvalue weighted by atomic mass is 16.3. The predicted octanol–water partition coefficient (Wildman–Crippen LogP) is 1.06. The van der Waals surface area contributed by atoms with Gasteiger partial charge in [0.15, 0.2) is 0 Å². The van der Waals surface area contributed by atoms with Gasteiger partial charge in [0.05, 0.1) is 6.61 Å². The largest absolute Gasteiger partial charge is 0.395 e. The van der Waals surface area contributed by atoms with Gasteiger partial charge in [-0.2, -0.15) is 0 Å². The van der Waals surface area contributed by atoms with Crippen LogP contribution >= 0.6 is 0 Å². The van der Waals surface area contributed by atoms with E-state index in [1.165, 1.54) is 16.8 Å². The first-order valence-electron chi connectivity index (χ1n) is 5.19. The van der Waals surface area contributed by atoms with Crippen molar-refractivity contribution in [2.75, 3.05) is 25.1 Å². The molecule has 0 radical (unpaired) electrons. The van der Waals surface area contributed by atoms with Gasteiger partial charge in [-0.05, 0) is 25.5 Å². The summed E-state index contributed by atoms with van der Waals surface area (Å²) in [5.41, 5.74) is 9.37. The second-order valence-corrected chi connectivity index (χ2v) is 4.11. The third-order valence-corrected chi connectivity index (χ3v) is 2.51. The summed E-state index contributed by atoms with van der Waals surface area (Å²) in [5, 5.41) is 8.89. The molecule has 0 heterocycles. The molecule has 84 valence electrons. The molecule has 0 aromatic heterocycles. The summed E-state index contributed by atoms with van der Waals surface area (Å²) >= 11 is 0. The van der Waals surface area contributed by atoms with E-state index in [0.717, 1.165) is 0 Å². The first-order valence-corrected chi connectivity index (χ1v) is 5.19. The number of rotatable bonds is 4. The quantitative estimate of drug-likeness (QED) is 0.778. The highest BCUT2D eigenvalue weighted by Gasteiger charge is 2.08. The molecule has 0 fully saturated rings. The molecule has 0 aliphatic rings. The minimum atomic E-state index is -0.185. The highest BCUT2D eigenvalue weighted by molar-refractivity contribution is 5.53. The van der Waals surface area contributed by atoms with Crippen LogP contribution in [-0.4, -0.2) is 31.3 Å². The predicted molar refractivity (Wildman–Crippen MR) is 64.2 cm³/mol. The van der Waals surface area contributed by atoms with Gasteiger partial charge in [-0.15, -0.1) is 0 Å². The Kier molecular flexibility index (Phi) is 4.12. The fraction of sp³-hybridized carbons (Fsp3) is 0.500. The molecule has 1 unspecified atom stereocenters. The molecule has 0 amide bonds. The Bertz CT molecular complexity index is 325. The Balaban J connectivity index is 2.77. The maximum absolute atomic E-state index is 8.89. The topological polar surface area (TPSA) is 49.5 Å². The van der Waals surface area contributed by atoms with Crippen LogP contribution in [0.5, 0.6) is 0 Å². The third kappa shape index (κ3) is 3.22. The van der Waals surface area contributed by atoms with Crippen molar-refractivity contribution in [3.8, 4) is 0 Å². The SMILES string of the molecule is Cc1ccc(N(C)CC(N)CO)c(C)c1. The maximum atomic E-state index is 8.89. The van der Waals surface area contributed by atoms with Crippen molar-refractivity contribution in [3.05, 3.63) is 29.3 Å². The van der Waals surface area contributed by atoms with E-state index in [0.29, 0.717) is 6.54 Å². The summed E-state index contributed by atoms with van der Waals surface area (Å²) in [7, 11) is 1.99. The van der Waals surface area contributed by atoms with Crippen LogP contribution in [0.2, 0.25) is 0 Å². The number of aliphatic hydroxyl groups excluding tert-OH is 1. The van der Waals surface area contributed by atoms with E-state index in [1.54, 1.807) is 0 Å². The van der Waals surface area contributed by atoms with Crippen LogP contribution in [0.3, 0.4) is 0 Å². The Morgan fingerprint density at radius 3 is 2.60 bits per heavy atom. The molecule has 0 saturated carbocycles. The highest BCUT2D eigenvalue weighted by Crippen LogP contribution is 2.19. The Labute approximate surface area is 91.5 Å². The van der Waals surface area contributed by atoms with Gasteiger partial charge in [-0.1, -0.05) is 17.7 Å². The molecule has 0 saturated heterocycles. The molecule has 1 atom stereocenters. The average Bonchev–Trinajstić information content (AvgIpc) is 2.17. The van der Waals surface area contributed by atoms with Crippen molar-refractivity contribution in [1.29, 1.82) is 0 Å². The van der Waals surface area contributed by atoms with E-state index in [2.05, 4.69) is 36.9 Å². The van der Waals surface area contributed by atoms with Crippen molar-refractivity contribution in [2.24, 2.45) is 5.73 Å². The summed E-state index contributed by atoms with van der Waals surface area (Å²) in [6, 6.07) is 6.14. The van der Waals surface area contributed by atoms with Crippen LogP contribution in [0.25, 0.3) is 0 Å². The van der Waals surface area contributed by atoms with E-state index in [9.17, 15) is 0 Å². The summed E-state index contributed by atoms with van der Waals surface area (Å²) in [6.45, 7) is 4.86. The van der Waals surface area contributed by atoms with Gasteiger partial charge in [0.1, 0.15) is 0 Å². The van der Waals surface area contributed by atoms with Crippen molar-refractivity contribution in [2.45, 2.75) is 19.9 Å². The molecule has 0 spiro atoms. The number of likely N-dealkylation sites (N-methyl/N-ethyl adjacent to an activating group) is 1. The minimum absolute atomic E-state index is 0.0231. The van der Waals surface area contributed by atoms with Crippen molar-refractivity contribution in [1.82, 2.24) is 0 Å². The smallest absolute Gasteiger partial charge is 0.0599 e. The van der Waals surface area contributed by atoms with Gasteiger partial charge in [-0.25, -0.2) is 0 Å². The van der Waals surface area contributed by atoms with Crippen LogP contribution in [0.1, 0.15) is 11.1 Å². The number of nitrogens with zero attached hydrogens (tertiary/aromatic N) is 1. The lowest BCUT2D eigenvalue weighted by Crippen LogP contribution is -2.38. The molecule has 0 aliphatic heterocycles. The summed E-state index contributed by atoms with van der Waals surface area (Å²) < 4.78 is 0. The fourth-order valence-electron chi connectivity index (χ4n) is 1.74. The lowest BCUT2D eigenvalue weighted by atomic mass is 10.1. The zero-order valence-corrected chi connectivity index (χ0v) is 9.70. The molecule has 3 N–H and O–H groups in total. The zero-order chi connectivity index (χ0) is 11.4. The van der Waals surface area contributed by atoms with Crippen molar-refractivity contribution < 1.29 is 5.11 Å². The van der Waals surface area contributed by atoms with Crippen LogP contribution in [0.15, 0.2) is 18.2 Å². The summed E-state index contributed by atoms with van der Waals surface area (Å²) in [5.74, 6) is 0. The molecule has 1 aromatic carbocycles. The van der Waals surface area contributed by atoms with Gasteiger partial charge in [0, 0.05) is 25.3 Å². The van der Waals surface area contributed by atoms with Crippen LogP contribution in [-0.2, 0) is 0 Å². The molecule has 3 heteroatoms. The molecule has 0 aliphatic carbocycles. The molecule has 1 rings (SSSR count). The number of aliphatic hydroxyl groups is 1. The summed E-state index contributed by atoms with van der Waals surface area (Å²) in [4.78, 5) is 2.08. The van der Waals surface area contributed by atoms with E-state index in [-0.39, 0.29) is 12.6 Å². The molecule has 0 bridgehead atoms. The first kappa shape index (κ1) is 12.0. The summed E-state index contributed by atoms with van der Waals surface area (Å²) in [6.07, 6.45) is 0. The van der Waals surface area contributed by atoms with Gasteiger partial charge < -0.3 is 15.7 Å². The molecule has 15 heavy (non-hydrogen) atoms. The Morgan fingerprint density at radius 2 is 2.07 bits per heavy atom. The van der Waals surface area contributed by atoms with E-state index >= 15 is 0 Å².